The number of aliphatic imine (C=N–C) groups is 1. The maximum absolute atomic E-state index is 5.47. The van der Waals surface area contributed by atoms with Crippen molar-refractivity contribution in [3.63, 3.8) is 0 Å². The van der Waals surface area contributed by atoms with Crippen LogP contribution >= 0.6 is 0 Å². The van der Waals surface area contributed by atoms with Crippen molar-refractivity contribution in [2.24, 2.45) is 4.99 Å². The molecule has 1 aliphatic rings. The molecule has 0 radical (unpaired) electrons. The summed E-state index contributed by atoms with van der Waals surface area (Å²) >= 11 is 0. The van der Waals surface area contributed by atoms with Crippen molar-refractivity contribution >= 4 is 5.96 Å². The summed E-state index contributed by atoms with van der Waals surface area (Å²) < 4.78 is 5.47. The second-order valence-electron chi connectivity index (χ2n) is 4.09. The number of rotatable bonds is 3. The summed E-state index contributed by atoms with van der Waals surface area (Å²) in [6.07, 6.45) is 2.47. The van der Waals surface area contributed by atoms with Crippen molar-refractivity contribution in [3.05, 3.63) is 17.3 Å². The summed E-state index contributed by atoms with van der Waals surface area (Å²) in [5.41, 5.74) is 0.946. The van der Waals surface area contributed by atoms with Crippen LogP contribution in [-0.2, 0) is 6.54 Å². The second-order valence-corrected chi connectivity index (χ2v) is 4.09. The van der Waals surface area contributed by atoms with Gasteiger partial charge in [0.2, 0.25) is 5.89 Å². The predicted molar refractivity (Wildman–Crippen MR) is 62.3 cm³/mol. The lowest BCUT2D eigenvalue weighted by Crippen LogP contribution is -2.38. The van der Waals surface area contributed by atoms with Gasteiger partial charge in [0.05, 0.1) is 12.2 Å². The molecule has 1 aliphatic carbocycles. The van der Waals surface area contributed by atoms with Crippen LogP contribution in [0.4, 0.5) is 0 Å². The minimum Gasteiger partial charge on any atom is -0.444 e. The molecule has 1 fully saturated rings. The molecule has 1 saturated carbocycles. The molecule has 5 heteroatoms. The number of aromatic nitrogens is 1. The third-order valence-electron chi connectivity index (χ3n) is 2.62. The summed E-state index contributed by atoms with van der Waals surface area (Å²) in [6.45, 7) is 4.43. The number of aryl methyl sites for hydroxylation is 2. The molecule has 5 nitrogen and oxygen atoms in total. The van der Waals surface area contributed by atoms with Gasteiger partial charge < -0.3 is 15.1 Å². The van der Waals surface area contributed by atoms with Crippen LogP contribution in [0.5, 0.6) is 0 Å². The number of guanidine groups is 1. The van der Waals surface area contributed by atoms with Gasteiger partial charge in [-0.25, -0.2) is 4.98 Å². The summed E-state index contributed by atoms with van der Waals surface area (Å²) in [7, 11) is 1.77. The largest absolute Gasteiger partial charge is 0.444 e. The Morgan fingerprint density at radius 3 is 2.75 bits per heavy atom. The van der Waals surface area contributed by atoms with E-state index in [0.29, 0.717) is 18.5 Å². The number of nitrogens with one attached hydrogen (secondary N) is 2. The van der Waals surface area contributed by atoms with Gasteiger partial charge in [-0.15, -0.1) is 0 Å². The molecule has 0 aromatic carbocycles. The van der Waals surface area contributed by atoms with Gasteiger partial charge in [-0.2, -0.15) is 0 Å². The third-order valence-corrected chi connectivity index (χ3v) is 2.62. The lowest BCUT2D eigenvalue weighted by molar-refractivity contribution is 0.463. The minimum absolute atomic E-state index is 0.571. The highest BCUT2D eigenvalue weighted by atomic mass is 16.4. The molecule has 16 heavy (non-hydrogen) atoms. The van der Waals surface area contributed by atoms with Crippen LogP contribution < -0.4 is 10.6 Å². The number of oxazole rings is 1. The SMILES string of the molecule is CN=C(NCc1nc(C)c(C)o1)NC1CC1. The first-order chi connectivity index (χ1) is 7.69. The fourth-order valence-electron chi connectivity index (χ4n) is 1.39. The molecule has 88 valence electrons. The van der Waals surface area contributed by atoms with Crippen molar-refractivity contribution in [3.8, 4) is 0 Å². The van der Waals surface area contributed by atoms with Crippen molar-refractivity contribution in [2.45, 2.75) is 39.3 Å². The van der Waals surface area contributed by atoms with E-state index in [-0.39, 0.29) is 0 Å². The Morgan fingerprint density at radius 2 is 2.25 bits per heavy atom. The van der Waals surface area contributed by atoms with Crippen LogP contribution in [0.3, 0.4) is 0 Å². The molecule has 0 unspecified atom stereocenters. The highest BCUT2D eigenvalue weighted by Crippen LogP contribution is 2.18. The molecule has 2 N–H and O–H groups in total. The highest BCUT2D eigenvalue weighted by molar-refractivity contribution is 5.80. The predicted octanol–water partition coefficient (Wildman–Crippen LogP) is 1.12. The summed E-state index contributed by atoms with van der Waals surface area (Å²) in [4.78, 5) is 8.44. The first-order valence-corrected chi connectivity index (χ1v) is 5.59. The smallest absolute Gasteiger partial charge is 0.214 e. The summed E-state index contributed by atoms with van der Waals surface area (Å²) in [5.74, 6) is 2.40. The van der Waals surface area contributed by atoms with Crippen molar-refractivity contribution < 1.29 is 4.42 Å². The third kappa shape index (κ3) is 2.74. The van der Waals surface area contributed by atoms with Gasteiger partial charge in [-0.3, -0.25) is 4.99 Å². The van der Waals surface area contributed by atoms with E-state index in [2.05, 4.69) is 20.6 Å². The molecule has 0 saturated heterocycles. The molecule has 0 aliphatic heterocycles. The van der Waals surface area contributed by atoms with Crippen LogP contribution in [0.1, 0.15) is 30.2 Å². The van der Waals surface area contributed by atoms with Gasteiger partial charge in [0.1, 0.15) is 5.76 Å². The van der Waals surface area contributed by atoms with E-state index in [0.717, 1.165) is 17.4 Å². The lowest BCUT2D eigenvalue weighted by Gasteiger charge is -2.08. The van der Waals surface area contributed by atoms with Crippen LogP contribution in [0.25, 0.3) is 0 Å². The van der Waals surface area contributed by atoms with Crippen LogP contribution in [0.15, 0.2) is 9.41 Å². The van der Waals surface area contributed by atoms with E-state index in [1.165, 1.54) is 12.8 Å². The minimum atomic E-state index is 0.571. The zero-order valence-corrected chi connectivity index (χ0v) is 10.0. The Balaban J connectivity index is 1.85. The molecule has 0 atom stereocenters. The highest BCUT2D eigenvalue weighted by Gasteiger charge is 2.22. The molecular formula is C11H18N4O. The fourth-order valence-corrected chi connectivity index (χ4v) is 1.39. The van der Waals surface area contributed by atoms with Gasteiger partial charge in [0.15, 0.2) is 5.96 Å². The van der Waals surface area contributed by atoms with Gasteiger partial charge in [0, 0.05) is 13.1 Å². The zero-order chi connectivity index (χ0) is 11.5. The van der Waals surface area contributed by atoms with Gasteiger partial charge in [0.25, 0.3) is 0 Å². The number of hydrogen-bond donors (Lipinski definition) is 2. The molecule has 0 spiro atoms. The van der Waals surface area contributed by atoms with E-state index < -0.39 is 0 Å². The van der Waals surface area contributed by atoms with E-state index in [1.54, 1.807) is 7.05 Å². The topological polar surface area (TPSA) is 62.5 Å². The lowest BCUT2D eigenvalue weighted by atomic mass is 10.4. The molecular weight excluding hydrogens is 204 g/mol. The van der Waals surface area contributed by atoms with Gasteiger partial charge in [-0.1, -0.05) is 0 Å². The quantitative estimate of drug-likeness (QED) is 0.594. The molecule has 0 amide bonds. The maximum Gasteiger partial charge on any atom is 0.214 e. The molecule has 1 aromatic heterocycles. The van der Waals surface area contributed by atoms with Crippen molar-refractivity contribution in [2.75, 3.05) is 7.05 Å². The number of hydrogen-bond acceptors (Lipinski definition) is 3. The average molecular weight is 222 g/mol. The molecule has 1 aromatic rings. The van der Waals surface area contributed by atoms with Crippen LogP contribution in [-0.4, -0.2) is 24.0 Å². The maximum atomic E-state index is 5.47. The van der Waals surface area contributed by atoms with Gasteiger partial charge in [-0.05, 0) is 26.7 Å². The average Bonchev–Trinajstić information content (AvgIpc) is 3.01. The fraction of sp³-hybridized carbons (Fsp3) is 0.636. The van der Waals surface area contributed by atoms with E-state index in [9.17, 15) is 0 Å². The normalized spacial score (nSPS) is 16.3. The van der Waals surface area contributed by atoms with Crippen LogP contribution in [0.2, 0.25) is 0 Å². The summed E-state index contributed by atoms with van der Waals surface area (Å²) in [5, 5.41) is 6.48. The molecule has 2 rings (SSSR count). The van der Waals surface area contributed by atoms with E-state index >= 15 is 0 Å². The van der Waals surface area contributed by atoms with E-state index in [4.69, 9.17) is 4.42 Å². The zero-order valence-electron chi connectivity index (χ0n) is 10.0. The Bertz CT molecular complexity index is 373. The van der Waals surface area contributed by atoms with Crippen molar-refractivity contribution in [1.29, 1.82) is 0 Å². The summed E-state index contributed by atoms with van der Waals surface area (Å²) in [6, 6.07) is 0.597. The second kappa shape index (κ2) is 4.55. The number of nitrogens with zero attached hydrogens (tertiary/aromatic N) is 2. The van der Waals surface area contributed by atoms with Crippen LogP contribution in [0, 0.1) is 13.8 Å². The molecule has 0 bridgehead atoms. The van der Waals surface area contributed by atoms with E-state index in [1.807, 2.05) is 13.8 Å². The monoisotopic (exact) mass is 222 g/mol. The Labute approximate surface area is 95.4 Å². The first kappa shape index (κ1) is 11.0. The Hall–Kier alpha value is -1.52. The Morgan fingerprint density at radius 1 is 1.50 bits per heavy atom. The first-order valence-electron chi connectivity index (χ1n) is 5.59. The Kier molecular flexibility index (Phi) is 3.12. The molecule has 1 heterocycles. The van der Waals surface area contributed by atoms with Gasteiger partial charge >= 0.3 is 0 Å². The van der Waals surface area contributed by atoms with Crippen molar-refractivity contribution in [1.82, 2.24) is 15.6 Å². The standard InChI is InChI=1S/C11H18N4O/c1-7-8(2)16-10(14-7)6-13-11(12-3)15-9-4-5-9/h9H,4-6H2,1-3H3,(H2,12,13,15).